The van der Waals surface area contributed by atoms with Gasteiger partial charge in [-0.25, -0.2) is 9.69 Å². The van der Waals surface area contributed by atoms with E-state index in [0.29, 0.717) is 16.5 Å². The number of hydrogen-bond acceptors (Lipinski definition) is 9. The van der Waals surface area contributed by atoms with E-state index < -0.39 is 22.8 Å². The first-order valence-corrected chi connectivity index (χ1v) is 12.3. The maximum Gasteiger partial charge on any atom is 0.335 e. The van der Waals surface area contributed by atoms with E-state index in [2.05, 4.69) is 20.8 Å². The van der Waals surface area contributed by atoms with Crippen LogP contribution in [0.3, 0.4) is 0 Å². The highest BCUT2D eigenvalue weighted by Gasteiger charge is 2.37. The number of imide groups is 2. The Morgan fingerprint density at radius 1 is 0.949 bits per heavy atom. The number of nitro benzene ring substituents is 1. The second kappa shape index (κ2) is 10.3. The summed E-state index contributed by atoms with van der Waals surface area (Å²) in [5.41, 5.74) is 2.42. The number of aromatic nitrogens is 4. The topological polar surface area (TPSA) is 153 Å². The molecule has 1 aliphatic rings. The highest BCUT2D eigenvalue weighted by molar-refractivity contribution is 7.99. The first-order valence-electron chi connectivity index (χ1n) is 11.5. The summed E-state index contributed by atoms with van der Waals surface area (Å²) in [6.45, 7) is 3.73. The predicted molar refractivity (Wildman–Crippen MR) is 141 cm³/mol. The highest BCUT2D eigenvalue weighted by atomic mass is 32.2. The molecule has 5 rings (SSSR count). The largest absolute Gasteiger partial charge is 0.335 e. The molecule has 194 valence electrons. The smallest absolute Gasteiger partial charge is 0.273 e. The number of benzene rings is 3. The minimum Gasteiger partial charge on any atom is -0.273 e. The Morgan fingerprint density at radius 3 is 2.44 bits per heavy atom. The molecule has 39 heavy (non-hydrogen) atoms. The number of nitrogens with zero attached hydrogens (tertiary/aromatic N) is 6. The number of urea groups is 1. The van der Waals surface area contributed by atoms with E-state index in [1.807, 2.05) is 32.0 Å². The minimum absolute atomic E-state index is 0.224. The van der Waals surface area contributed by atoms with Gasteiger partial charge < -0.3 is 0 Å². The Labute approximate surface area is 225 Å². The maximum absolute atomic E-state index is 13.2. The fourth-order valence-electron chi connectivity index (χ4n) is 3.85. The summed E-state index contributed by atoms with van der Waals surface area (Å²) < 4.78 is 1.45. The van der Waals surface area contributed by atoms with Crippen molar-refractivity contribution in [3.05, 3.63) is 99.1 Å². The number of carbonyl (C=O) groups excluding carboxylic acids is 3. The van der Waals surface area contributed by atoms with Gasteiger partial charge in [-0.05, 0) is 89.1 Å². The molecule has 0 spiro atoms. The lowest BCUT2D eigenvalue weighted by molar-refractivity contribution is -0.387. The van der Waals surface area contributed by atoms with Gasteiger partial charge >= 0.3 is 6.03 Å². The summed E-state index contributed by atoms with van der Waals surface area (Å²) in [5, 5.41) is 26.0. The van der Waals surface area contributed by atoms with Crippen molar-refractivity contribution in [2.24, 2.45) is 0 Å². The van der Waals surface area contributed by atoms with Gasteiger partial charge in [-0.15, -0.1) is 5.10 Å². The van der Waals surface area contributed by atoms with E-state index in [1.165, 1.54) is 29.0 Å². The Morgan fingerprint density at radius 2 is 1.72 bits per heavy atom. The van der Waals surface area contributed by atoms with Crippen LogP contribution in [0, 0.1) is 24.0 Å². The van der Waals surface area contributed by atoms with Crippen molar-refractivity contribution in [3.63, 3.8) is 0 Å². The first-order chi connectivity index (χ1) is 18.7. The van der Waals surface area contributed by atoms with Crippen LogP contribution in [0.1, 0.15) is 16.7 Å². The average molecular weight is 542 g/mol. The van der Waals surface area contributed by atoms with Crippen molar-refractivity contribution in [2.75, 3.05) is 4.90 Å². The van der Waals surface area contributed by atoms with Gasteiger partial charge in [0.1, 0.15) is 5.57 Å². The number of rotatable bonds is 6. The number of para-hydroxylation sites is 1. The van der Waals surface area contributed by atoms with Crippen LogP contribution in [0.2, 0.25) is 0 Å². The Kier molecular flexibility index (Phi) is 6.73. The molecule has 4 aromatic rings. The molecular formula is C26H19N7O5S. The van der Waals surface area contributed by atoms with Gasteiger partial charge in [0.05, 0.1) is 21.2 Å². The SMILES string of the molecule is Cc1ccc(N2C(=O)NC(=O)/C(=C\c3ccc(Sc4nnnn4-c4ccccc4)c([N+](=O)[O-])c3)C2=O)cc1C. The predicted octanol–water partition coefficient (Wildman–Crippen LogP) is 4.00. The number of anilines is 1. The van der Waals surface area contributed by atoms with Crippen LogP contribution >= 0.6 is 11.8 Å². The van der Waals surface area contributed by atoms with Gasteiger partial charge in [0, 0.05) is 6.07 Å². The van der Waals surface area contributed by atoms with Gasteiger partial charge in [0.15, 0.2) is 0 Å². The standard InChI is InChI=1S/C26H19N7O5S/c1-15-8-10-19(12-16(15)2)31-24(35)20(23(34)27-25(31)36)13-17-9-11-22(21(14-17)33(37)38)39-26-28-29-30-32(26)18-6-4-3-5-7-18/h3-14H,1-2H3,(H,27,34,36)/b20-13+. The molecule has 0 unspecified atom stereocenters. The zero-order chi connectivity index (χ0) is 27.7. The van der Waals surface area contributed by atoms with E-state index in [4.69, 9.17) is 0 Å². The number of amides is 4. The van der Waals surface area contributed by atoms with Crippen molar-refractivity contribution in [1.82, 2.24) is 25.5 Å². The molecule has 1 aliphatic heterocycles. The number of hydrogen-bond donors (Lipinski definition) is 1. The minimum atomic E-state index is -0.895. The van der Waals surface area contributed by atoms with Crippen molar-refractivity contribution >= 4 is 47.1 Å². The van der Waals surface area contributed by atoms with Crippen molar-refractivity contribution in [1.29, 1.82) is 0 Å². The average Bonchev–Trinajstić information content (AvgIpc) is 3.37. The number of tetrazole rings is 1. The molecule has 3 aromatic carbocycles. The lowest BCUT2D eigenvalue weighted by Gasteiger charge is -2.26. The summed E-state index contributed by atoms with van der Waals surface area (Å²) in [5.74, 6) is -1.73. The summed E-state index contributed by atoms with van der Waals surface area (Å²) in [6, 6.07) is 17.5. The molecule has 1 fully saturated rings. The van der Waals surface area contributed by atoms with Crippen LogP contribution in [-0.4, -0.2) is 43.0 Å². The second-order valence-corrected chi connectivity index (χ2v) is 9.53. The first kappa shape index (κ1) is 25.5. The molecule has 0 bridgehead atoms. The molecule has 12 nitrogen and oxygen atoms in total. The van der Waals surface area contributed by atoms with E-state index in [9.17, 15) is 24.5 Å². The quantitative estimate of drug-likeness (QED) is 0.165. The van der Waals surface area contributed by atoms with Crippen LogP contribution in [0.25, 0.3) is 11.8 Å². The molecule has 0 radical (unpaired) electrons. The normalized spacial score (nSPS) is 14.6. The summed E-state index contributed by atoms with van der Waals surface area (Å²) >= 11 is 0.992. The zero-order valence-electron chi connectivity index (χ0n) is 20.6. The van der Waals surface area contributed by atoms with E-state index in [1.54, 1.807) is 30.3 Å². The number of carbonyl (C=O) groups is 3. The van der Waals surface area contributed by atoms with Crippen molar-refractivity contribution in [2.45, 2.75) is 23.9 Å². The maximum atomic E-state index is 13.2. The van der Waals surface area contributed by atoms with Gasteiger partial charge in [0.2, 0.25) is 5.16 Å². The van der Waals surface area contributed by atoms with Crippen LogP contribution < -0.4 is 10.2 Å². The van der Waals surface area contributed by atoms with Gasteiger partial charge in [-0.1, -0.05) is 30.3 Å². The number of nitro groups is 1. The zero-order valence-corrected chi connectivity index (χ0v) is 21.4. The molecule has 1 N–H and O–H groups in total. The van der Waals surface area contributed by atoms with Gasteiger partial charge in [-0.2, -0.15) is 4.68 Å². The van der Waals surface area contributed by atoms with Crippen molar-refractivity contribution < 1.29 is 19.3 Å². The fourth-order valence-corrected chi connectivity index (χ4v) is 4.73. The summed E-state index contributed by atoms with van der Waals surface area (Å²) in [7, 11) is 0. The highest BCUT2D eigenvalue weighted by Crippen LogP contribution is 2.35. The molecule has 0 saturated carbocycles. The third kappa shape index (κ3) is 5.02. The molecule has 1 aromatic heterocycles. The van der Waals surface area contributed by atoms with E-state index in [-0.39, 0.29) is 21.7 Å². The fraction of sp³-hybridized carbons (Fsp3) is 0.0769. The molecule has 0 aliphatic carbocycles. The lowest BCUT2D eigenvalue weighted by Crippen LogP contribution is -2.54. The number of nitrogens with one attached hydrogen (secondary N) is 1. The lowest BCUT2D eigenvalue weighted by atomic mass is 10.0. The number of aryl methyl sites for hydroxylation is 2. The molecule has 1 saturated heterocycles. The van der Waals surface area contributed by atoms with Crippen molar-refractivity contribution in [3.8, 4) is 5.69 Å². The van der Waals surface area contributed by atoms with Crippen LogP contribution in [0.5, 0.6) is 0 Å². The number of barbiturate groups is 1. The Balaban J connectivity index is 1.48. The Bertz CT molecular complexity index is 1680. The molecule has 13 heteroatoms. The summed E-state index contributed by atoms with van der Waals surface area (Å²) in [4.78, 5) is 50.8. The molecular weight excluding hydrogens is 522 g/mol. The van der Waals surface area contributed by atoms with Gasteiger partial charge in [-0.3, -0.25) is 25.0 Å². The molecule has 0 atom stereocenters. The van der Waals surface area contributed by atoms with Crippen LogP contribution in [0.15, 0.2) is 82.4 Å². The Hall–Kier alpha value is -5.17. The third-order valence-electron chi connectivity index (χ3n) is 5.98. The third-order valence-corrected chi connectivity index (χ3v) is 6.99. The molecule has 4 amide bonds. The monoisotopic (exact) mass is 541 g/mol. The van der Waals surface area contributed by atoms with E-state index in [0.717, 1.165) is 27.8 Å². The molecule has 2 heterocycles. The van der Waals surface area contributed by atoms with Crippen LogP contribution in [-0.2, 0) is 9.59 Å². The van der Waals surface area contributed by atoms with Gasteiger partial charge in [0.25, 0.3) is 17.5 Å². The summed E-state index contributed by atoms with van der Waals surface area (Å²) in [6.07, 6.45) is 1.22. The van der Waals surface area contributed by atoms with E-state index >= 15 is 0 Å². The van der Waals surface area contributed by atoms with Crippen LogP contribution in [0.4, 0.5) is 16.2 Å². The second-order valence-electron chi connectivity index (χ2n) is 8.52.